The number of H-pyrrole nitrogens is 1. The molecule has 1 saturated heterocycles. The number of carbonyl (C=O) groups excluding carboxylic acids is 1. The minimum Gasteiger partial charge on any atom is -0.381 e. The van der Waals surface area contributed by atoms with Crippen LogP contribution in [0, 0.1) is 4.91 Å². The number of carbonyl (C=O) groups is 1. The van der Waals surface area contributed by atoms with Gasteiger partial charge in [-0.2, -0.15) is 5.10 Å². The van der Waals surface area contributed by atoms with Crippen molar-refractivity contribution in [3.8, 4) is 0 Å². The van der Waals surface area contributed by atoms with Gasteiger partial charge in [0.05, 0.1) is 30.1 Å². The lowest BCUT2D eigenvalue weighted by Gasteiger charge is -2.43. The Morgan fingerprint density at radius 3 is 2.80 bits per heavy atom. The minimum atomic E-state index is -1.09. The van der Waals surface area contributed by atoms with Gasteiger partial charge >= 0.3 is 0 Å². The molecule has 2 heterocycles. The Morgan fingerprint density at radius 2 is 2.20 bits per heavy atom. The number of hydrogen-bond acceptors (Lipinski definition) is 5. The lowest BCUT2D eigenvalue weighted by Crippen LogP contribution is -2.56. The number of aromatic nitrogens is 2. The number of aldehydes is 1. The largest absolute Gasteiger partial charge is 0.381 e. The van der Waals surface area contributed by atoms with Crippen LogP contribution in [0.25, 0.3) is 10.9 Å². The molecule has 1 aromatic heterocycles. The lowest BCUT2D eigenvalue weighted by atomic mass is 9.86. The van der Waals surface area contributed by atoms with Crippen molar-refractivity contribution in [1.29, 1.82) is 0 Å². The normalized spacial score (nSPS) is 16.1. The average Bonchev–Trinajstić information content (AvgIpc) is 2.82. The van der Waals surface area contributed by atoms with Gasteiger partial charge in [0.15, 0.2) is 0 Å². The number of hydrogen-bond donors (Lipinski definition) is 2. The number of aromatic amines is 1. The predicted octanol–water partition coefficient (Wildman–Crippen LogP) is 1.61. The fourth-order valence-corrected chi connectivity index (χ4v) is 2.40. The van der Waals surface area contributed by atoms with Gasteiger partial charge in [-0.15, -0.1) is 4.91 Å². The molecular weight excluding hydrogens is 284 g/mol. The summed E-state index contributed by atoms with van der Waals surface area (Å²) in [6, 6.07) is 3.45. The molecular formula is C12H13ClN4O3. The topological polar surface area (TPSA) is 98.7 Å². The zero-order valence-corrected chi connectivity index (χ0v) is 11.5. The van der Waals surface area contributed by atoms with E-state index in [-0.39, 0.29) is 13.1 Å². The molecule has 2 N–H and O–H groups in total. The average molecular weight is 297 g/mol. The van der Waals surface area contributed by atoms with E-state index in [1.54, 1.807) is 18.3 Å². The molecule has 0 amide bonds. The van der Waals surface area contributed by atoms with Crippen LogP contribution in [-0.2, 0) is 10.4 Å². The van der Waals surface area contributed by atoms with Crippen molar-refractivity contribution in [2.45, 2.75) is 12.5 Å². The van der Waals surface area contributed by atoms with Crippen LogP contribution in [0.2, 0.25) is 5.02 Å². The molecule has 0 spiro atoms. The van der Waals surface area contributed by atoms with Gasteiger partial charge in [0.2, 0.25) is 0 Å². The van der Waals surface area contributed by atoms with E-state index < -0.39 is 5.60 Å². The van der Waals surface area contributed by atoms with Crippen LogP contribution in [0.1, 0.15) is 12.5 Å². The Hall–Kier alpha value is -1.99. The summed E-state index contributed by atoms with van der Waals surface area (Å²) in [5.41, 5.74) is 0.295. The van der Waals surface area contributed by atoms with Crippen LogP contribution in [0.3, 0.4) is 0 Å². The standard InChI is InChI=1S/C10H9ClN4O2.C2H4O/c11-7-1-6-3-12-13-9(6)8(2-7)10(16)4-15(5-10)14-17;1-2-3/h1-3,16H,4-5H2,(H,12,13);2H,1H3. The molecule has 0 aliphatic carbocycles. The Morgan fingerprint density at radius 1 is 1.55 bits per heavy atom. The van der Waals surface area contributed by atoms with Crippen LogP contribution < -0.4 is 0 Å². The van der Waals surface area contributed by atoms with Gasteiger partial charge in [-0.05, 0) is 19.1 Å². The van der Waals surface area contributed by atoms with Gasteiger partial charge < -0.3 is 9.90 Å². The number of benzene rings is 1. The maximum absolute atomic E-state index is 10.4. The maximum Gasteiger partial charge on any atom is 0.130 e. The number of fused-ring (bicyclic) bond motifs is 1. The molecule has 0 saturated carbocycles. The second-order valence-corrected chi connectivity index (χ2v) is 4.90. The van der Waals surface area contributed by atoms with Crippen LogP contribution in [0.5, 0.6) is 0 Å². The lowest BCUT2D eigenvalue weighted by molar-refractivity contribution is -0.106. The number of halogens is 1. The summed E-state index contributed by atoms with van der Waals surface area (Å²) in [5, 5.41) is 22.5. The zero-order valence-electron chi connectivity index (χ0n) is 10.7. The van der Waals surface area contributed by atoms with E-state index >= 15 is 0 Å². The van der Waals surface area contributed by atoms with E-state index in [1.807, 2.05) is 0 Å². The molecule has 2 aromatic rings. The zero-order chi connectivity index (χ0) is 14.8. The number of nitrogens with one attached hydrogen (secondary N) is 1. The van der Waals surface area contributed by atoms with Crippen LogP contribution in [-0.4, -0.2) is 39.7 Å². The minimum absolute atomic E-state index is 0.172. The van der Waals surface area contributed by atoms with Crippen molar-refractivity contribution in [2.24, 2.45) is 5.29 Å². The van der Waals surface area contributed by atoms with Crippen molar-refractivity contribution >= 4 is 28.8 Å². The predicted molar refractivity (Wildman–Crippen MR) is 74.1 cm³/mol. The number of nitrogens with zero attached hydrogens (tertiary/aromatic N) is 3. The maximum atomic E-state index is 10.4. The van der Waals surface area contributed by atoms with Crippen molar-refractivity contribution in [2.75, 3.05) is 13.1 Å². The van der Waals surface area contributed by atoms with Gasteiger partial charge in [-0.3, -0.25) is 10.1 Å². The van der Waals surface area contributed by atoms with E-state index in [0.29, 0.717) is 10.6 Å². The molecule has 0 radical (unpaired) electrons. The second-order valence-electron chi connectivity index (χ2n) is 4.46. The molecule has 1 aliphatic heterocycles. The van der Waals surface area contributed by atoms with E-state index in [2.05, 4.69) is 15.5 Å². The molecule has 0 unspecified atom stereocenters. The summed E-state index contributed by atoms with van der Waals surface area (Å²) in [5.74, 6) is 0. The van der Waals surface area contributed by atoms with Crippen molar-refractivity contribution in [1.82, 2.24) is 15.2 Å². The summed E-state index contributed by atoms with van der Waals surface area (Å²) >= 11 is 5.99. The van der Waals surface area contributed by atoms with Gasteiger partial charge in [-0.25, -0.2) is 0 Å². The number of aliphatic hydroxyl groups is 1. The summed E-state index contributed by atoms with van der Waals surface area (Å²) in [6.07, 6.45) is 2.39. The van der Waals surface area contributed by atoms with Gasteiger partial charge in [0.25, 0.3) is 0 Å². The van der Waals surface area contributed by atoms with Gasteiger partial charge in [-0.1, -0.05) is 11.6 Å². The van der Waals surface area contributed by atoms with Crippen molar-refractivity contribution in [3.05, 3.63) is 33.8 Å². The highest BCUT2D eigenvalue weighted by atomic mass is 35.5. The first-order chi connectivity index (χ1) is 9.54. The monoisotopic (exact) mass is 296 g/mol. The molecule has 0 atom stereocenters. The van der Waals surface area contributed by atoms with Crippen LogP contribution in [0.15, 0.2) is 23.6 Å². The Balaban J connectivity index is 0.000000452. The fraction of sp³-hybridized carbons (Fsp3) is 0.333. The molecule has 1 fully saturated rings. The van der Waals surface area contributed by atoms with Gasteiger partial charge in [0.1, 0.15) is 11.9 Å². The van der Waals surface area contributed by atoms with Crippen molar-refractivity contribution in [3.63, 3.8) is 0 Å². The third kappa shape index (κ3) is 2.50. The quantitative estimate of drug-likeness (QED) is 0.648. The van der Waals surface area contributed by atoms with E-state index in [1.165, 1.54) is 11.9 Å². The molecule has 8 heteroatoms. The molecule has 0 bridgehead atoms. The van der Waals surface area contributed by atoms with Crippen molar-refractivity contribution < 1.29 is 9.90 Å². The SMILES string of the molecule is CC=O.O=NN1CC(O)(c2cc(Cl)cc3cn[nH]c23)C1. The van der Waals surface area contributed by atoms with E-state index in [9.17, 15) is 10.0 Å². The molecule has 1 aromatic carbocycles. The highest BCUT2D eigenvalue weighted by Crippen LogP contribution is 2.37. The van der Waals surface area contributed by atoms with Crippen LogP contribution >= 0.6 is 11.6 Å². The number of rotatable bonds is 2. The van der Waals surface area contributed by atoms with Crippen LogP contribution in [0.4, 0.5) is 0 Å². The summed E-state index contributed by atoms with van der Waals surface area (Å²) < 4.78 is 0. The summed E-state index contributed by atoms with van der Waals surface area (Å²) in [4.78, 5) is 19.1. The summed E-state index contributed by atoms with van der Waals surface area (Å²) in [6.45, 7) is 1.79. The third-order valence-corrected chi connectivity index (χ3v) is 3.24. The Labute approximate surface area is 119 Å². The molecule has 7 nitrogen and oxygen atoms in total. The highest BCUT2D eigenvalue weighted by Gasteiger charge is 2.45. The highest BCUT2D eigenvalue weighted by molar-refractivity contribution is 6.31. The smallest absolute Gasteiger partial charge is 0.130 e. The second kappa shape index (κ2) is 5.56. The molecule has 106 valence electrons. The number of nitroso groups, excluding NO2 is 1. The van der Waals surface area contributed by atoms with E-state index in [4.69, 9.17) is 16.4 Å². The first-order valence-corrected chi connectivity index (χ1v) is 6.25. The first-order valence-electron chi connectivity index (χ1n) is 5.87. The number of β-amino-alcohol motifs (C(OH)–C–C–N with tert-alkyl or cyclic N) is 1. The summed E-state index contributed by atoms with van der Waals surface area (Å²) in [7, 11) is 0. The fourth-order valence-electron chi connectivity index (χ4n) is 2.17. The molecule has 1 aliphatic rings. The molecule has 20 heavy (non-hydrogen) atoms. The first kappa shape index (κ1) is 14.4. The van der Waals surface area contributed by atoms with Gasteiger partial charge in [0, 0.05) is 16.0 Å². The molecule has 3 rings (SSSR count). The van der Waals surface area contributed by atoms with E-state index in [0.717, 1.165) is 17.2 Å². The Kier molecular flexibility index (Phi) is 4.01. The third-order valence-electron chi connectivity index (χ3n) is 3.02. The Bertz CT molecular complexity index is 637.